The summed E-state index contributed by atoms with van der Waals surface area (Å²) < 4.78 is 14.5. The zero-order valence-corrected chi connectivity index (χ0v) is 13.1. The van der Waals surface area contributed by atoms with Gasteiger partial charge in [-0.3, -0.25) is 0 Å². The van der Waals surface area contributed by atoms with Crippen LogP contribution in [0.15, 0.2) is 40.9 Å². The van der Waals surface area contributed by atoms with E-state index in [2.05, 4.69) is 21.2 Å². The third-order valence-electron chi connectivity index (χ3n) is 2.65. The van der Waals surface area contributed by atoms with Gasteiger partial charge in [0.25, 0.3) is 0 Å². The van der Waals surface area contributed by atoms with E-state index in [0.29, 0.717) is 15.2 Å². The molecule has 1 N–H and O–H groups in total. The number of hydrogen-bond acceptors (Lipinski definition) is 2. The van der Waals surface area contributed by atoms with E-state index in [1.54, 1.807) is 24.3 Å². The molecule has 0 aliphatic rings. The molecule has 0 aromatic heterocycles. The average molecular weight is 374 g/mol. The fourth-order valence-electron chi connectivity index (χ4n) is 1.71. The predicted octanol–water partition coefficient (Wildman–Crippen LogP) is 5.57. The van der Waals surface area contributed by atoms with E-state index >= 15 is 0 Å². The summed E-state index contributed by atoms with van der Waals surface area (Å²) in [5, 5.41) is 12.9. The Labute approximate surface area is 134 Å². The van der Waals surface area contributed by atoms with Gasteiger partial charge in [-0.15, -0.1) is 0 Å². The molecule has 1 atom stereocenters. The lowest BCUT2D eigenvalue weighted by Crippen LogP contribution is -2.11. The average Bonchev–Trinajstić information content (AvgIpc) is 2.41. The number of rotatable bonds is 3. The van der Waals surface area contributed by atoms with Crippen LogP contribution in [0.4, 0.5) is 10.1 Å². The Bertz CT molecular complexity index is 665. The molecule has 2 aromatic rings. The molecule has 0 saturated heterocycles. The molecule has 2 aromatic carbocycles. The van der Waals surface area contributed by atoms with Gasteiger partial charge in [0, 0.05) is 20.7 Å². The SMILES string of the molecule is N#CC(Nc1ccc(Cl)c(Br)c1)c1c(F)cccc1Cl. The fraction of sp³-hybridized carbons (Fsp3) is 0.0714. The minimum atomic E-state index is -0.892. The van der Waals surface area contributed by atoms with Gasteiger partial charge >= 0.3 is 0 Å². The summed E-state index contributed by atoms with van der Waals surface area (Å²) >= 11 is 15.2. The molecule has 2 nitrogen and oxygen atoms in total. The van der Waals surface area contributed by atoms with E-state index < -0.39 is 11.9 Å². The van der Waals surface area contributed by atoms with Crippen molar-refractivity contribution < 1.29 is 4.39 Å². The molecule has 0 aliphatic carbocycles. The molecule has 20 heavy (non-hydrogen) atoms. The van der Waals surface area contributed by atoms with Gasteiger partial charge in [-0.25, -0.2) is 4.39 Å². The number of nitrogens with one attached hydrogen (secondary N) is 1. The molecule has 0 fully saturated rings. The number of hydrogen-bond donors (Lipinski definition) is 1. The smallest absolute Gasteiger partial charge is 0.144 e. The first-order valence-corrected chi connectivity index (χ1v) is 7.13. The molecular weight excluding hydrogens is 366 g/mol. The Morgan fingerprint density at radius 1 is 1.20 bits per heavy atom. The standard InChI is InChI=1S/C14H8BrCl2FN2/c15-9-6-8(4-5-10(9)16)20-13(7-19)14-11(17)2-1-3-12(14)18/h1-6,13,20H. The number of nitriles is 1. The summed E-state index contributed by atoms with van der Waals surface area (Å²) in [7, 11) is 0. The maximum atomic E-state index is 13.8. The van der Waals surface area contributed by atoms with Crippen molar-refractivity contribution in [3.8, 4) is 6.07 Å². The van der Waals surface area contributed by atoms with Crippen LogP contribution in [0.3, 0.4) is 0 Å². The summed E-state index contributed by atoms with van der Waals surface area (Å²) in [5.41, 5.74) is 0.759. The molecule has 2 rings (SSSR count). The quantitative estimate of drug-likeness (QED) is 0.763. The second kappa shape index (κ2) is 6.45. The van der Waals surface area contributed by atoms with Crippen LogP contribution < -0.4 is 5.32 Å². The molecule has 0 spiro atoms. The maximum Gasteiger partial charge on any atom is 0.144 e. The maximum absolute atomic E-state index is 13.8. The summed E-state index contributed by atoms with van der Waals surface area (Å²) in [4.78, 5) is 0. The molecule has 0 radical (unpaired) electrons. The van der Waals surface area contributed by atoms with Crippen molar-refractivity contribution in [1.29, 1.82) is 5.26 Å². The second-order valence-electron chi connectivity index (χ2n) is 3.97. The molecule has 0 amide bonds. The van der Waals surface area contributed by atoms with Gasteiger partial charge in [0.2, 0.25) is 0 Å². The normalized spacial score (nSPS) is 11.8. The lowest BCUT2D eigenvalue weighted by molar-refractivity contribution is 0.607. The lowest BCUT2D eigenvalue weighted by Gasteiger charge is -2.15. The largest absolute Gasteiger partial charge is 0.366 e. The van der Waals surface area contributed by atoms with Gasteiger partial charge in [-0.05, 0) is 46.3 Å². The molecular formula is C14H8BrCl2FN2. The summed E-state index contributed by atoms with van der Waals surface area (Å²) in [6.07, 6.45) is 0. The van der Waals surface area contributed by atoms with Crippen LogP contribution in [0.5, 0.6) is 0 Å². The number of halogens is 4. The van der Waals surface area contributed by atoms with Crippen LogP contribution in [-0.4, -0.2) is 0 Å². The fourth-order valence-corrected chi connectivity index (χ4v) is 2.48. The van der Waals surface area contributed by atoms with Gasteiger partial charge < -0.3 is 5.32 Å². The monoisotopic (exact) mass is 372 g/mol. The predicted molar refractivity (Wildman–Crippen MR) is 82.5 cm³/mol. The van der Waals surface area contributed by atoms with Crippen molar-refractivity contribution in [3.63, 3.8) is 0 Å². The second-order valence-corrected chi connectivity index (χ2v) is 5.64. The summed E-state index contributed by atoms with van der Waals surface area (Å²) in [6, 6.07) is 10.5. The Balaban J connectivity index is 2.34. The Morgan fingerprint density at radius 3 is 2.55 bits per heavy atom. The van der Waals surface area contributed by atoms with Crippen LogP contribution in [0.2, 0.25) is 10.0 Å². The Morgan fingerprint density at radius 2 is 1.95 bits per heavy atom. The van der Waals surface area contributed by atoms with Crippen LogP contribution in [0.1, 0.15) is 11.6 Å². The molecule has 102 valence electrons. The van der Waals surface area contributed by atoms with E-state index in [0.717, 1.165) is 0 Å². The van der Waals surface area contributed by atoms with Crippen molar-refractivity contribution in [3.05, 3.63) is 62.3 Å². The van der Waals surface area contributed by atoms with Gasteiger partial charge in [-0.2, -0.15) is 5.26 Å². The van der Waals surface area contributed by atoms with Crippen LogP contribution in [-0.2, 0) is 0 Å². The van der Waals surface area contributed by atoms with Gasteiger partial charge in [0.05, 0.1) is 11.1 Å². The van der Waals surface area contributed by atoms with Gasteiger partial charge in [0.15, 0.2) is 0 Å². The van der Waals surface area contributed by atoms with E-state index in [-0.39, 0.29) is 10.6 Å². The highest BCUT2D eigenvalue weighted by Crippen LogP contribution is 2.31. The Hall–Kier alpha value is -1.28. The first-order valence-electron chi connectivity index (χ1n) is 5.58. The number of nitrogens with zero attached hydrogens (tertiary/aromatic N) is 1. The molecule has 0 bridgehead atoms. The summed E-state index contributed by atoms with van der Waals surface area (Å²) in [6.45, 7) is 0. The van der Waals surface area contributed by atoms with E-state index in [1.165, 1.54) is 12.1 Å². The topological polar surface area (TPSA) is 35.8 Å². The first-order chi connectivity index (χ1) is 9.52. The number of anilines is 1. The molecule has 0 heterocycles. The molecule has 6 heteroatoms. The molecule has 1 unspecified atom stereocenters. The lowest BCUT2D eigenvalue weighted by atomic mass is 10.1. The van der Waals surface area contributed by atoms with Crippen molar-refractivity contribution in [2.24, 2.45) is 0 Å². The van der Waals surface area contributed by atoms with E-state index in [1.807, 2.05) is 6.07 Å². The van der Waals surface area contributed by atoms with Crippen LogP contribution in [0, 0.1) is 17.1 Å². The molecule has 0 saturated carbocycles. The Kier molecular flexibility index (Phi) is 4.87. The van der Waals surface area contributed by atoms with Crippen molar-refractivity contribution in [1.82, 2.24) is 0 Å². The van der Waals surface area contributed by atoms with Crippen molar-refractivity contribution in [2.75, 3.05) is 5.32 Å². The van der Waals surface area contributed by atoms with Crippen LogP contribution in [0.25, 0.3) is 0 Å². The van der Waals surface area contributed by atoms with Crippen LogP contribution >= 0.6 is 39.1 Å². The van der Waals surface area contributed by atoms with Gasteiger partial charge in [0.1, 0.15) is 11.9 Å². The summed E-state index contributed by atoms with van der Waals surface area (Å²) in [5.74, 6) is -0.524. The van der Waals surface area contributed by atoms with Crippen molar-refractivity contribution in [2.45, 2.75) is 6.04 Å². The van der Waals surface area contributed by atoms with Crippen molar-refractivity contribution >= 4 is 44.8 Å². The van der Waals surface area contributed by atoms with E-state index in [4.69, 9.17) is 23.2 Å². The highest BCUT2D eigenvalue weighted by molar-refractivity contribution is 9.10. The zero-order chi connectivity index (χ0) is 14.7. The highest BCUT2D eigenvalue weighted by Gasteiger charge is 2.18. The number of benzene rings is 2. The van der Waals surface area contributed by atoms with Gasteiger partial charge in [-0.1, -0.05) is 29.3 Å². The zero-order valence-electron chi connectivity index (χ0n) is 10.0. The minimum absolute atomic E-state index is 0.128. The molecule has 0 aliphatic heterocycles. The van der Waals surface area contributed by atoms with E-state index in [9.17, 15) is 9.65 Å². The third kappa shape index (κ3) is 3.24. The first kappa shape index (κ1) is 15.1. The minimum Gasteiger partial charge on any atom is -0.366 e. The third-order valence-corrected chi connectivity index (χ3v) is 4.19. The highest BCUT2D eigenvalue weighted by atomic mass is 79.9.